The standard InChI is InChI=1S/C43H28F9N3/c1-26(41(44,45)46)12-36(21-53-2)30-9-3-6-27(13-30)33-16-34(28-7-4-10-31(14-28)37-19-39(24-54-22-37)42(47,48)49)18-35(17-33)29-8-5-11-32(15-29)38-20-40(25-55-23-38)43(50,51)52/h3-25H,2H2,1H3/b26-12+,36-21+. The van der Waals surface area contributed by atoms with E-state index in [9.17, 15) is 39.5 Å². The van der Waals surface area contributed by atoms with Gasteiger partial charge in [-0.1, -0.05) is 54.6 Å². The number of allylic oxidation sites excluding steroid dienone is 3. The Morgan fingerprint density at radius 3 is 1.29 bits per heavy atom. The Labute approximate surface area is 309 Å². The molecule has 0 aliphatic carbocycles. The van der Waals surface area contributed by atoms with Crippen molar-refractivity contribution in [2.24, 2.45) is 4.99 Å². The topological polar surface area (TPSA) is 38.1 Å². The molecule has 0 bridgehead atoms. The van der Waals surface area contributed by atoms with Gasteiger partial charge in [-0.05, 0) is 118 Å². The van der Waals surface area contributed by atoms with Crippen LogP contribution >= 0.6 is 0 Å². The maximum Gasteiger partial charge on any atom is 0.417 e. The van der Waals surface area contributed by atoms with Gasteiger partial charge in [0.25, 0.3) is 0 Å². The molecule has 0 unspecified atom stereocenters. The molecule has 0 atom stereocenters. The smallest absolute Gasteiger partial charge is 0.272 e. The zero-order valence-corrected chi connectivity index (χ0v) is 28.7. The molecular formula is C43H28F9N3. The third kappa shape index (κ3) is 9.09. The molecule has 0 aliphatic heterocycles. The van der Waals surface area contributed by atoms with Crippen LogP contribution < -0.4 is 0 Å². The van der Waals surface area contributed by atoms with Gasteiger partial charge in [0.15, 0.2) is 0 Å². The second-order valence-corrected chi connectivity index (χ2v) is 12.6. The lowest BCUT2D eigenvalue weighted by Crippen LogP contribution is -2.08. The molecular weight excluding hydrogens is 729 g/mol. The minimum absolute atomic E-state index is 0.160. The van der Waals surface area contributed by atoms with Crippen LogP contribution in [0.4, 0.5) is 39.5 Å². The van der Waals surface area contributed by atoms with E-state index in [0.717, 1.165) is 37.5 Å². The first-order chi connectivity index (χ1) is 26.0. The molecule has 2 aromatic heterocycles. The number of benzene rings is 4. The molecule has 0 fully saturated rings. The first-order valence-electron chi connectivity index (χ1n) is 16.4. The number of aliphatic imine (C=N–C) groups is 1. The summed E-state index contributed by atoms with van der Waals surface area (Å²) in [4.78, 5) is 11.3. The third-order valence-electron chi connectivity index (χ3n) is 8.70. The van der Waals surface area contributed by atoms with Crippen LogP contribution in [-0.4, -0.2) is 22.9 Å². The maximum absolute atomic E-state index is 13.5. The van der Waals surface area contributed by atoms with Crippen LogP contribution in [0.5, 0.6) is 0 Å². The number of hydrogen-bond donors (Lipinski definition) is 0. The number of rotatable bonds is 8. The fourth-order valence-corrected chi connectivity index (χ4v) is 5.88. The van der Waals surface area contributed by atoms with Crippen LogP contribution in [0.2, 0.25) is 0 Å². The van der Waals surface area contributed by atoms with E-state index in [2.05, 4.69) is 21.7 Å². The number of nitrogens with zero attached hydrogens (tertiary/aromatic N) is 3. The van der Waals surface area contributed by atoms with Crippen molar-refractivity contribution < 1.29 is 39.5 Å². The van der Waals surface area contributed by atoms with E-state index >= 15 is 0 Å². The van der Waals surface area contributed by atoms with Crippen molar-refractivity contribution in [1.29, 1.82) is 0 Å². The molecule has 6 rings (SSSR count). The Morgan fingerprint density at radius 2 is 0.891 bits per heavy atom. The fraction of sp³-hybridized carbons (Fsp3) is 0.0930. The van der Waals surface area contributed by atoms with E-state index in [1.54, 1.807) is 72.8 Å². The predicted octanol–water partition coefficient (Wildman–Crippen LogP) is 13.4. The van der Waals surface area contributed by atoms with Crippen molar-refractivity contribution in [2.75, 3.05) is 0 Å². The van der Waals surface area contributed by atoms with E-state index in [0.29, 0.717) is 50.1 Å². The highest BCUT2D eigenvalue weighted by Crippen LogP contribution is 2.39. The van der Waals surface area contributed by atoms with E-state index in [1.807, 2.05) is 18.2 Å². The molecule has 4 aromatic carbocycles. The molecule has 278 valence electrons. The number of alkyl halides is 9. The zero-order valence-electron chi connectivity index (χ0n) is 28.7. The summed E-state index contributed by atoms with van der Waals surface area (Å²) in [6.45, 7) is 4.35. The summed E-state index contributed by atoms with van der Waals surface area (Å²) < 4.78 is 122. The van der Waals surface area contributed by atoms with Gasteiger partial charge in [0.1, 0.15) is 0 Å². The Balaban J connectivity index is 1.51. The van der Waals surface area contributed by atoms with Crippen LogP contribution in [0.25, 0.3) is 61.2 Å². The molecule has 3 nitrogen and oxygen atoms in total. The fourth-order valence-electron chi connectivity index (χ4n) is 5.88. The van der Waals surface area contributed by atoms with E-state index < -0.39 is 35.2 Å². The van der Waals surface area contributed by atoms with E-state index in [-0.39, 0.29) is 16.7 Å². The largest absolute Gasteiger partial charge is 0.417 e. The van der Waals surface area contributed by atoms with Crippen molar-refractivity contribution in [3.05, 3.63) is 162 Å². The highest BCUT2D eigenvalue weighted by molar-refractivity contribution is 5.86. The summed E-state index contributed by atoms with van der Waals surface area (Å²) in [5.74, 6) is 0. The van der Waals surface area contributed by atoms with Crippen LogP contribution in [0.1, 0.15) is 23.6 Å². The molecule has 55 heavy (non-hydrogen) atoms. The van der Waals surface area contributed by atoms with Gasteiger partial charge < -0.3 is 0 Å². The minimum atomic E-state index is -4.60. The molecule has 0 saturated carbocycles. The predicted molar refractivity (Wildman–Crippen MR) is 197 cm³/mol. The average molecular weight is 758 g/mol. The Kier molecular flexibility index (Phi) is 10.6. The van der Waals surface area contributed by atoms with Gasteiger partial charge in [-0.15, -0.1) is 0 Å². The summed E-state index contributed by atoms with van der Waals surface area (Å²) in [5.41, 5.74) is 3.02. The molecule has 0 N–H and O–H groups in total. The summed E-state index contributed by atoms with van der Waals surface area (Å²) in [7, 11) is 0. The molecule has 0 radical (unpaired) electrons. The van der Waals surface area contributed by atoms with Crippen molar-refractivity contribution >= 4 is 12.3 Å². The molecule has 0 amide bonds. The normalized spacial score (nSPS) is 12.8. The second-order valence-electron chi connectivity index (χ2n) is 12.6. The Morgan fingerprint density at radius 1 is 0.509 bits per heavy atom. The lowest BCUT2D eigenvalue weighted by atomic mass is 9.90. The molecule has 2 heterocycles. The number of aromatic nitrogens is 2. The average Bonchev–Trinajstić information content (AvgIpc) is 3.17. The Hall–Kier alpha value is -6.30. The van der Waals surface area contributed by atoms with Gasteiger partial charge >= 0.3 is 18.5 Å². The zero-order chi connectivity index (χ0) is 39.5. The maximum atomic E-state index is 13.5. The molecule has 0 aliphatic rings. The van der Waals surface area contributed by atoms with Gasteiger partial charge in [-0.25, -0.2) is 0 Å². The minimum Gasteiger partial charge on any atom is -0.272 e. The van der Waals surface area contributed by atoms with Gasteiger partial charge in [0.2, 0.25) is 0 Å². The first kappa shape index (κ1) is 38.4. The third-order valence-corrected chi connectivity index (χ3v) is 8.70. The van der Waals surface area contributed by atoms with Crippen LogP contribution in [0.15, 0.2) is 151 Å². The van der Waals surface area contributed by atoms with Crippen molar-refractivity contribution in [3.63, 3.8) is 0 Å². The van der Waals surface area contributed by atoms with Crippen LogP contribution in [-0.2, 0) is 12.4 Å². The highest BCUT2D eigenvalue weighted by atomic mass is 19.4. The summed E-state index contributed by atoms with van der Waals surface area (Å²) >= 11 is 0. The van der Waals surface area contributed by atoms with E-state index in [4.69, 9.17) is 0 Å². The monoisotopic (exact) mass is 757 g/mol. The van der Waals surface area contributed by atoms with Crippen LogP contribution in [0, 0.1) is 0 Å². The molecule has 0 spiro atoms. The summed E-state index contributed by atoms with van der Waals surface area (Å²) in [6, 6.07) is 27.9. The van der Waals surface area contributed by atoms with Gasteiger partial charge in [0, 0.05) is 53.3 Å². The number of hydrogen-bond acceptors (Lipinski definition) is 3. The molecule has 6 aromatic rings. The van der Waals surface area contributed by atoms with Crippen molar-refractivity contribution in [2.45, 2.75) is 25.5 Å². The van der Waals surface area contributed by atoms with Gasteiger partial charge in [-0.2, -0.15) is 39.5 Å². The van der Waals surface area contributed by atoms with Crippen molar-refractivity contribution in [1.82, 2.24) is 9.97 Å². The Bertz CT molecular complexity index is 2320. The first-order valence-corrected chi connectivity index (χ1v) is 16.4. The number of pyridine rings is 2. The molecule has 12 heteroatoms. The summed E-state index contributed by atoms with van der Waals surface area (Å²) in [6.07, 6.45) is -7.44. The van der Waals surface area contributed by atoms with Gasteiger partial charge in [0.05, 0.1) is 11.1 Å². The highest BCUT2D eigenvalue weighted by Gasteiger charge is 2.32. The van der Waals surface area contributed by atoms with E-state index in [1.165, 1.54) is 18.6 Å². The molecule has 0 saturated heterocycles. The van der Waals surface area contributed by atoms with Crippen molar-refractivity contribution in [3.8, 4) is 55.6 Å². The lowest BCUT2D eigenvalue weighted by Gasteiger charge is -2.15. The lowest BCUT2D eigenvalue weighted by molar-refractivity contribution is -0.138. The number of halogens is 9. The SMILES string of the molecule is C=N/C=C(\C=C(/C)C(F)(F)F)c1cccc(-c2cc(-c3cccc(-c4cncc(C(F)(F)F)c4)c3)cc(-c3cccc(-c4cncc(C(F)(F)F)c4)c3)c2)c1. The van der Waals surface area contributed by atoms with Gasteiger partial charge in [-0.3, -0.25) is 15.0 Å². The van der Waals surface area contributed by atoms with Crippen LogP contribution in [0.3, 0.4) is 0 Å². The summed E-state index contributed by atoms with van der Waals surface area (Å²) in [5, 5.41) is 0. The quantitative estimate of drug-likeness (QED) is 0.0881. The second kappa shape index (κ2) is 15.2.